The van der Waals surface area contributed by atoms with Crippen LogP contribution in [0.1, 0.15) is 37.5 Å². The molecule has 8 nitrogen and oxygen atoms in total. The minimum Gasteiger partial charge on any atom is -0.468 e. The smallest absolute Gasteiger partial charge is 0.318 e. The molecule has 0 aromatic carbocycles. The molecule has 2 aromatic rings. The predicted molar refractivity (Wildman–Crippen MR) is 66.4 cm³/mol. The summed E-state index contributed by atoms with van der Waals surface area (Å²) in [6, 6.07) is 0. The van der Waals surface area contributed by atoms with Crippen molar-refractivity contribution in [3.8, 4) is 11.5 Å². The maximum atomic E-state index is 12.0. The highest BCUT2D eigenvalue weighted by Crippen LogP contribution is 2.37. The van der Waals surface area contributed by atoms with Gasteiger partial charge in [-0.3, -0.25) is 4.79 Å². The van der Waals surface area contributed by atoms with E-state index in [9.17, 15) is 4.79 Å². The van der Waals surface area contributed by atoms with E-state index >= 15 is 0 Å². The Morgan fingerprint density at radius 2 is 2.30 bits per heavy atom. The van der Waals surface area contributed by atoms with E-state index < -0.39 is 5.92 Å². The van der Waals surface area contributed by atoms with Crippen molar-refractivity contribution in [1.82, 2.24) is 25.6 Å². The van der Waals surface area contributed by atoms with Crippen LogP contribution in [-0.2, 0) is 9.53 Å². The van der Waals surface area contributed by atoms with E-state index in [1.165, 1.54) is 13.3 Å². The van der Waals surface area contributed by atoms with Crippen LogP contribution >= 0.6 is 0 Å². The van der Waals surface area contributed by atoms with Gasteiger partial charge in [0.05, 0.1) is 13.3 Å². The first-order valence-electron chi connectivity index (χ1n) is 6.57. The second-order valence-electron chi connectivity index (χ2n) is 4.86. The maximum Gasteiger partial charge on any atom is 0.318 e. The average molecular weight is 277 g/mol. The van der Waals surface area contributed by atoms with Gasteiger partial charge in [-0.15, -0.1) is 0 Å². The minimum absolute atomic E-state index is 0.202. The number of ether oxygens (including phenoxy) is 1. The standard InChI is InChI=1S/C12H15N5O3/c1-19-12(18)9(7-4-2-3-5-7)11-14-10(16-20-11)8-6-13-17-15-8/h6-7,9H,2-5H2,1H3,(H,13,15,17). The number of esters is 1. The zero-order valence-corrected chi connectivity index (χ0v) is 11.1. The van der Waals surface area contributed by atoms with Crippen LogP contribution in [0.15, 0.2) is 10.7 Å². The van der Waals surface area contributed by atoms with Crippen molar-refractivity contribution in [2.24, 2.45) is 5.92 Å². The summed E-state index contributed by atoms with van der Waals surface area (Å²) >= 11 is 0. The SMILES string of the molecule is COC(=O)C(c1nc(-c2cn[nH]n2)no1)C1CCCC1. The van der Waals surface area contributed by atoms with Gasteiger partial charge in [-0.05, 0) is 18.8 Å². The summed E-state index contributed by atoms with van der Waals surface area (Å²) in [5.41, 5.74) is 0.482. The molecule has 0 amide bonds. The fourth-order valence-corrected chi connectivity index (χ4v) is 2.69. The first-order valence-corrected chi connectivity index (χ1v) is 6.57. The van der Waals surface area contributed by atoms with Crippen molar-refractivity contribution in [3.05, 3.63) is 12.1 Å². The van der Waals surface area contributed by atoms with E-state index in [0.717, 1.165) is 25.7 Å². The quantitative estimate of drug-likeness (QED) is 0.839. The summed E-state index contributed by atoms with van der Waals surface area (Å²) in [6.07, 6.45) is 5.67. The summed E-state index contributed by atoms with van der Waals surface area (Å²) in [7, 11) is 1.37. The number of rotatable bonds is 4. The molecule has 1 fully saturated rings. The number of carbonyl (C=O) groups is 1. The van der Waals surface area contributed by atoms with Gasteiger partial charge in [-0.25, -0.2) is 0 Å². The van der Waals surface area contributed by atoms with Crippen molar-refractivity contribution in [2.75, 3.05) is 7.11 Å². The molecule has 1 N–H and O–H groups in total. The molecule has 8 heteroatoms. The van der Waals surface area contributed by atoms with E-state index in [1.807, 2.05) is 0 Å². The van der Waals surface area contributed by atoms with Crippen LogP contribution in [-0.4, -0.2) is 38.6 Å². The maximum absolute atomic E-state index is 12.0. The molecule has 3 rings (SSSR count). The Balaban J connectivity index is 1.89. The van der Waals surface area contributed by atoms with Crippen LogP contribution in [0.3, 0.4) is 0 Å². The topological polar surface area (TPSA) is 107 Å². The summed E-state index contributed by atoms with van der Waals surface area (Å²) in [4.78, 5) is 16.3. The Morgan fingerprint density at radius 1 is 1.50 bits per heavy atom. The molecule has 0 aliphatic heterocycles. The second-order valence-corrected chi connectivity index (χ2v) is 4.86. The molecule has 0 bridgehead atoms. The minimum atomic E-state index is -0.490. The van der Waals surface area contributed by atoms with Crippen LogP contribution in [0.5, 0.6) is 0 Å². The highest BCUT2D eigenvalue weighted by molar-refractivity contribution is 5.77. The largest absolute Gasteiger partial charge is 0.468 e. The Labute approximate surface area is 114 Å². The molecule has 0 saturated heterocycles. The second kappa shape index (κ2) is 5.40. The Kier molecular flexibility index (Phi) is 3.44. The van der Waals surface area contributed by atoms with Crippen LogP contribution in [0.2, 0.25) is 0 Å². The lowest BCUT2D eigenvalue weighted by atomic mass is 9.91. The van der Waals surface area contributed by atoms with Crippen molar-refractivity contribution in [3.63, 3.8) is 0 Å². The number of methoxy groups -OCH3 is 1. The van der Waals surface area contributed by atoms with Crippen molar-refractivity contribution in [2.45, 2.75) is 31.6 Å². The zero-order valence-electron chi connectivity index (χ0n) is 11.1. The lowest BCUT2D eigenvalue weighted by Gasteiger charge is -2.16. The molecule has 1 unspecified atom stereocenters. The fourth-order valence-electron chi connectivity index (χ4n) is 2.69. The molecular weight excluding hydrogens is 262 g/mol. The highest BCUT2D eigenvalue weighted by Gasteiger charge is 2.37. The van der Waals surface area contributed by atoms with Gasteiger partial charge >= 0.3 is 5.97 Å². The van der Waals surface area contributed by atoms with Gasteiger partial charge in [-0.1, -0.05) is 18.0 Å². The average Bonchev–Trinajstić information content (AvgIpc) is 3.20. The summed E-state index contributed by atoms with van der Waals surface area (Å²) in [6.45, 7) is 0. The zero-order chi connectivity index (χ0) is 13.9. The Morgan fingerprint density at radius 3 is 2.95 bits per heavy atom. The lowest BCUT2D eigenvalue weighted by molar-refractivity contribution is -0.144. The molecule has 1 atom stereocenters. The van der Waals surface area contributed by atoms with E-state index in [-0.39, 0.29) is 11.9 Å². The molecule has 0 radical (unpaired) electrons. The van der Waals surface area contributed by atoms with Gasteiger partial charge in [0, 0.05) is 0 Å². The summed E-state index contributed by atoms with van der Waals surface area (Å²) < 4.78 is 10.1. The third-order valence-corrected chi connectivity index (χ3v) is 3.68. The first-order chi connectivity index (χ1) is 9.79. The van der Waals surface area contributed by atoms with E-state index in [4.69, 9.17) is 9.26 Å². The van der Waals surface area contributed by atoms with Crippen LogP contribution in [0.4, 0.5) is 0 Å². The molecular formula is C12H15N5O3. The Hall–Kier alpha value is -2.25. The predicted octanol–water partition coefficient (Wildman–Crippen LogP) is 1.30. The lowest BCUT2D eigenvalue weighted by Crippen LogP contribution is -2.21. The van der Waals surface area contributed by atoms with Gasteiger partial charge < -0.3 is 9.26 Å². The molecule has 1 aliphatic rings. The molecule has 20 heavy (non-hydrogen) atoms. The summed E-state index contributed by atoms with van der Waals surface area (Å²) in [5.74, 6) is -0.00152. The molecule has 2 aromatic heterocycles. The van der Waals surface area contributed by atoms with Crippen LogP contribution < -0.4 is 0 Å². The van der Waals surface area contributed by atoms with Gasteiger partial charge in [0.2, 0.25) is 11.7 Å². The molecule has 106 valence electrons. The number of nitrogens with zero attached hydrogens (tertiary/aromatic N) is 4. The number of aromatic nitrogens is 5. The van der Waals surface area contributed by atoms with E-state index in [2.05, 4.69) is 25.6 Å². The van der Waals surface area contributed by atoms with E-state index in [1.54, 1.807) is 0 Å². The molecule has 1 saturated carbocycles. The van der Waals surface area contributed by atoms with Gasteiger partial charge in [0.15, 0.2) is 5.69 Å². The molecule has 2 heterocycles. The number of hydrogen-bond acceptors (Lipinski definition) is 7. The monoisotopic (exact) mass is 277 g/mol. The number of H-pyrrole nitrogens is 1. The molecule has 1 aliphatic carbocycles. The third kappa shape index (κ3) is 2.28. The third-order valence-electron chi connectivity index (χ3n) is 3.68. The normalized spacial score (nSPS) is 17.2. The number of nitrogens with one attached hydrogen (secondary N) is 1. The highest BCUT2D eigenvalue weighted by atomic mass is 16.5. The van der Waals surface area contributed by atoms with Crippen LogP contribution in [0, 0.1) is 5.92 Å². The number of carbonyl (C=O) groups excluding carboxylic acids is 1. The van der Waals surface area contributed by atoms with Gasteiger partial charge in [-0.2, -0.15) is 20.4 Å². The van der Waals surface area contributed by atoms with Crippen molar-refractivity contribution in [1.29, 1.82) is 0 Å². The number of hydrogen-bond donors (Lipinski definition) is 1. The van der Waals surface area contributed by atoms with Gasteiger partial charge in [0.1, 0.15) is 5.92 Å². The van der Waals surface area contributed by atoms with Crippen molar-refractivity contribution >= 4 is 5.97 Å². The van der Waals surface area contributed by atoms with Crippen LogP contribution in [0.25, 0.3) is 11.5 Å². The fraction of sp³-hybridized carbons (Fsp3) is 0.583. The number of aromatic amines is 1. The summed E-state index contributed by atoms with van der Waals surface area (Å²) in [5, 5.41) is 13.9. The molecule has 0 spiro atoms. The van der Waals surface area contributed by atoms with Gasteiger partial charge in [0.25, 0.3) is 0 Å². The Bertz CT molecular complexity index is 574. The van der Waals surface area contributed by atoms with Crippen molar-refractivity contribution < 1.29 is 14.1 Å². The first kappa shape index (κ1) is 12.8. The van der Waals surface area contributed by atoms with E-state index in [0.29, 0.717) is 17.4 Å².